The number of carbonyl (C=O) groups excluding carboxylic acids is 1. The van der Waals surface area contributed by atoms with Gasteiger partial charge < -0.3 is 10.6 Å². The van der Waals surface area contributed by atoms with Gasteiger partial charge in [0.05, 0.1) is 4.92 Å². The zero-order valence-electron chi connectivity index (χ0n) is 14.2. The highest BCUT2D eigenvalue weighted by Crippen LogP contribution is 2.24. The Balaban J connectivity index is 1.92. The van der Waals surface area contributed by atoms with Crippen LogP contribution in [-0.4, -0.2) is 27.1 Å². The van der Waals surface area contributed by atoms with Crippen molar-refractivity contribution in [1.29, 1.82) is 0 Å². The van der Waals surface area contributed by atoms with Crippen LogP contribution in [0.4, 0.5) is 22.9 Å². The largest absolute Gasteiger partial charge is 0.339 e. The minimum Gasteiger partial charge on any atom is -0.339 e. The van der Waals surface area contributed by atoms with E-state index in [0.29, 0.717) is 16.5 Å². The average molecular weight is 381 g/mol. The predicted molar refractivity (Wildman–Crippen MR) is 105 cm³/mol. The highest BCUT2D eigenvalue weighted by Gasteiger charge is 2.16. The van der Waals surface area contributed by atoms with Crippen molar-refractivity contribution in [3.63, 3.8) is 0 Å². The Labute approximate surface area is 159 Å². The van der Waals surface area contributed by atoms with Crippen LogP contribution in [0.3, 0.4) is 0 Å². The van der Waals surface area contributed by atoms with Gasteiger partial charge in [0, 0.05) is 29.7 Å². The summed E-state index contributed by atoms with van der Waals surface area (Å²) in [6, 6.07) is 15.0. The lowest BCUT2D eigenvalue weighted by molar-refractivity contribution is -0.384. The molecule has 2 N–H and O–H groups in total. The van der Waals surface area contributed by atoms with E-state index in [9.17, 15) is 14.9 Å². The molecule has 1 aromatic heterocycles. The number of amides is 1. The molecule has 0 saturated carbocycles. The predicted octanol–water partition coefficient (Wildman–Crippen LogP) is 4.10. The number of hydrogen-bond donors (Lipinski definition) is 2. The fourth-order valence-corrected chi connectivity index (χ4v) is 2.62. The van der Waals surface area contributed by atoms with Crippen LogP contribution in [-0.2, 0) is 0 Å². The molecule has 136 valence electrons. The Bertz CT molecular complexity index is 982. The smallest absolute Gasteiger partial charge is 0.271 e. The zero-order chi connectivity index (χ0) is 19.2. The molecule has 0 fully saturated rings. The third kappa shape index (κ3) is 4.59. The standard InChI is InChI=1S/C18H15N5O3S/c1-27-18-19-11-15(17(24)21-12-6-3-2-4-7-12)16(22-18)20-13-8-5-9-14(10-13)23(25)26/h2-11H,1H3,(H,21,24)(H,19,20,22). The lowest BCUT2D eigenvalue weighted by Crippen LogP contribution is -2.15. The lowest BCUT2D eigenvalue weighted by Gasteiger charge is -2.12. The second-order valence-electron chi connectivity index (χ2n) is 5.37. The van der Waals surface area contributed by atoms with Gasteiger partial charge >= 0.3 is 0 Å². The maximum absolute atomic E-state index is 12.7. The molecule has 9 heteroatoms. The molecule has 0 radical (unpaired) electrons. The number of para-hydroxylation sites is 1. The third-order valence-electron chi connectivity index (χ3n) is 3.55. The summed E-state index contributed by atoms with van der Waals surface area (Å²) in [4.78, 5) is 31.6. The highest BCUT2D eigenvalue weighted by atomic mass is 32.2. The van der Waals surface area contributed by atoms with E-state index in [4.69, 9.17) is 0 Å². The molecule has 0 aliphatic carbocycles. The fraction of sp³-hybridized carbons (Fsp3) is 0.0556. The maximum Gasteiger partial charge on any atom is 0.271 e. The topological polar surface area (TPSA) is 110 Å². The molecule has 0 spiro atoms. The van der Waals surface area contributed by atoms with Gasteiger partial charge in [-0.05, 0) is 24.5 Å². The lowest BCUT2D eigenvalue weighted by atomic mass is 10.2. The van der Waals surface area contributed by atoms with E-state index in [0.717, 1.165) is 0 Å². The van der Waals surface area contributed by atoms with Gasteiger partial charge in [0.1, 0.15) is 11.4 Å². The summed E-state index contributed by atoms with van der Waals surface area (Å²) in [6.07, 6.45) is 3.24. The fourth-order valence-electron chi connectivity index (χ4n) is 2.28. The summed E-state index contributed by atoms with van der Waals surface area (Å²) in [5, 5.41) is 17.2. The molecule has 0 unspecified atom stereocenters. The van der Waals surface area contributed by atoms with Crippen molar-refractivity contribution in [3.8, 4) is 0 Å². The molecule has 0 atom stereocenters. The molecule has 1 amide bonds. The van der Waals surface area contributed by atoms with Gasteiger partial charge in [0.15, 0.2) is 5.16 Å². The molecular weight excluding hydrogens is 366 g/mol. The van der Waals surface area contributed by atoms with Crippen molar-refractivity contribution in [2.45, 2.75) is 5.16 Å². The summed E-state index contributed by atoms with van der Waals surface area (Å²) >= 11 is 1.32. The van der Waals surface area contributed by atoms with Crippen LogP contribution >= 0.6 is 11.8 Å². The summed E-state index contributed by atoms with van der Waals surface area (Å²) < 4.78 is 0. The number of nitrogens with zero attached hydrogens (tertiary/aromatic N) is 3. The van der Waals surface area contributed by atoms with Crippen molar-refractivity contribution in [2.24, 2.45) is 0 Å². The molecule has 3 aromatic rings. The first-order valence-electron chi connectivity index (χ1n) is 7.85. The zero-order valence-corrected chi connectivity index (χ0v) is 15.1. The molecular formula is C18H15N5O3S. The Morgan fingerprint density at radius 3 is 2.56 bits per heavy atom. The number of non-ortho nitro benzene ring substituents is 1. The van der Waals surface area contributed by atoms with Gasteiger partial charge in [-0.1, -0.05) is 36.0 Å². The van der Waals surface area contributed by atoms with Crippen LogP contribution in [0, 0.1) is 10.1 Å². The number of nitro groups is 1. The Morgan fingerprint density at radius 1 is 1.11 bits per heavy atom. The molecule has 3 rings (SSSR count). The molecule has 1 heterocycles. The first kappa shape index (κ1) is 18.3. The second-order valence-corrected chi connectivity index (χ2v) is 6.14. The first-order valence-corrected chi connectivity index (χ1v) is 9.08. The highest BCUT2D eigenvalue weighted by molar-refractivity contribution is 7.98. The summed E-state index contributed by atoms with van der Waals surface area (Å²) in [5.74, 6) is -0.120. The molecule has 0 saturated heterocycles. The van der Waals surface area contributed by atoms with Gasteiger partial charge in [-0.25, -0.2) is 9.97 Å². The molecule has 0 bridgehead atoms. The molecule has 0 aliphatic rings. The van der Waals surface area contributed by atoms with E-state index in [-0.39, 0.29) is 23.0 Å². The normalized spacial score (nSPS) is 10.3. The Morgan fingerprint density at radius 2 is 1.85 bits per heavy atom. The number of carbonyl (C=O) groups is 1. The maximum atomic E-state index is 12.7. The summed E-state index contributed by atoms with van der Waals surface area (Å²) in [7, 11) is 0. The minimum atomic E-state index is -0.485. The van der Waals surface area contributed by atoms with Gasteiger partial charge in [0.2, 0.25) is 0 Å². The van der Waals surface area contributed by atoms with Crippen molar-refractivity contribution in [3.05, 3.63) is 76.5 Å². The van der Waals surface area contributed by atoms with Gasteiger partial charge in [-0.3, -0.25) is 14.9 Å². The van der Waals surface area contributed by atoms with Gasteiger partial charge in [-0.15, -0.1) is 0 Å². The number of nitrogens with one attached hydrogen (secondary N) is 2. The van der Waals surface area contributed by atoms with E-state index in [1.807, 2.05) is 24.5 Å². The third-order valence-corrected chi connectivity index (χ3v) is 4.11. The number of rotatable bonds is 6. The monoisotopic (exact) mass is 381 g/mol. The first-order chi connectivity index (χ1) is 13.1. The number of nitro benzene ring substituents is 1. The molecule has 8 nitrogen and oxygen atoms in total. The van der Waals surface area contributed by atoms with Crippen molar-refractivity contribution >= 4 is 40.5 Å². The van der Waals surface area contributed by atoms with Gasteiger partial charge in [0.25, 0.3) is 11.6 Å². The van der Waals surface area contributed by atoms with Crippen molar-refractivity contribution in [2.75, 3.05) is 16.9 Å². The van der Waals surface area contributed by atoms with E-state index in [2.05, 4.69) is 20.6 Å². The van der Waals surface area contributed by atoms with E-state index in [1.165, 1.54) is 30.1 Å². The van der Waals surface area contributed by atoms with Crippen molar-refractivity contribution in [1.82, 2.24) is 9.97 Å². The van der Waals surface area contributed by atoms with E-state index < -0.39 is 4.92 Å². The minimum absolute atomic E-state index is 0.0607. The average Bonchev–Trinajstić information content (AvgIpc) is 2.68. The molecule has 0 aliphatic heterocycles. The number of aromatic nitrogens is 2. The Hall–Kier alpha value is -3.46. The molecule has 2 aromatic carbocycles. The quantitative estimate of drug-likeness (QED) is 0.286. The summed E-state index contributed by atoms with van der Waals surface area (Å²) in [6.45, 7) is 0. The van der Waals surface area contributed by atoms with Crippen LogP contribution in [0.15, 0.2) is 66.0 Å². The number of benzene rings is 2. The van der Waals surface area contributed by atoms with Gasteiger partial charge in [-0.2, -0.15) is 0 Å². The van der Waals surface area contributed by atoms with Crippen LogP contribution in [0.1, 0.15) is 10.4 Å². The summed E-state index contributed by atoms with van der Waals surface area (Å²) in [5.41, 5.74) is 1.25. The number of hydrogen-bond acceptors (Lipinski definition) is 7. The van der Waals surface area contributed by atoms with Crippen LogP contribution < -0.4 is 10.6 Å². The van der Waals surface area contributed by atoms with E-state index >= 15 is 0 Å². The number of thioether (sulfide) groups is 1. The second kappa shape index (κ2) is 8.28. The van der Waals surface area contributed by atoms with E-state index in [1.54, 1.807) is 24.3 Å². The number of anilines is 3. The van der Waals surface area contributed by atoms with Crippen LogP contribution in [0.5, 0.6) is 0 Å². The van der Waals surface area contributed by atoms with Crippen LogP contribution in [0.2, 0.25) is 0 Å². The van der Waals surface area contributed by atoms with Crippen LogP contribution in [0.25, 0.3) is 0 Å². The van der Waals surface area contributed by atoms with Crippen molar-refractivity contribution < 1.29 is 9.72 Å². The Kier molecular flexibility index (Phi) is 5.62. The SMILES string of the molecule is CSc1ncc(C(=O)Nc2ccccc2)c(Nc2cccc([N+](=O)[O-])c2)n1. The molecule has 27 heavy (non-hydrogen) atoms.